The van der Waals surface area contributed by atoms with Crippen molar-refractivity contribution in [2.75, 3.05) is 13.7 Å². The molecule has 0 atom stereocenters. The molecule has 0 radical (unpaired) electrons. The first-order valence-corrected chi connectivity index (χ1v) is 8.41. The molecule has 1 aromatic heterocycles. The molecular formula is C18H21NO4S. The van der Waals surface area contributed by atoms with Crippen LogP contribution in [0.1, 0.15) is 24.3 Å². The summed E-state index contributed by atoms with van der Waals surface area (Å²) in [6.45, 7) is 3.97. The minimum Gasteiger partial charge on any atom is -0.482 e. The number of thiophene rings is 1. The maximum absolute atomic E-state index is 12.8. The molecule has 0 bridgehead atoms. The molecule has 1 amide bonds. The van der Waals surface area contributed by atoms with Crippen LogP contribution in [-0.2, 0) is 21.5 Å². The van der Waals surface area contributed by atoms with Crippen LogP contribution in [0.25, 0.3) is 0 Å². The maximum atomic E-state index is 12.8. The maximum Gasteiger partial charge on any atom is 0.341 e. The first kappa shape index (κ1) is 18.0. The molecule has 0 fully saturated rings. The van der Waals surface area contributed by atoms with Gasteiger partial charge in [-0.15, -0.1) is 11.3 Å². The summed E-state index contributed by atoms with van der Waals surface area (Å²) < 4.78 is 5.10. The number of amides is 1. The number of likely N-dealkylation sites (N-methyl/N-ethyl adjacent to an activating group) is 1. The van der Waals surface area contributed by atoms with E-state index in [1.165, 1.54) is 0 Å². The number of rotatable bonds is 7. The Morgan fingerprint density at radius 1 is 1.21 bits per heavy atom. The van der Waals surface area contributed by atoms with Gasteiger partial charge >= 0.3 is 5.97 Å². The lowest BCUT2D eigenvalue weighted by Gasteiger charge is -2.28. The number of aliphatic carboxylic acids is 1. The smallest absolute Gasteiger partial charge is 0.341 e. The first-order chi connectivity index (χ1) is 11.3. The molecule has 0 aliphatic carbocycles. The van der Waals surface area contributed by atoms with Crippen molar-refractivity contribution < 1.29 is 19.4 Å². The minimum atomic E-state index is -1.01. The predicted octanol–water partition coefficient (Wildman–Crippen LogP) is 3.15. The van der Waals surface area contributed by atoms with Crippen molar-refractivity contribution in [2.45, 2.75) is 25.8 Å². The van der Waals surface area contributed by atoms with E-state index in [2.05, 4.69) is 0 Å². The van der Waals surface area contributed by atoms with Gasteiger partial charge in [0.05, 0.1) is 5.41 Å². The molecule has 2 aromatic rings. The van der Waals surface area contributed by atoms with Gasteiger partial charge in [-0.05, 0) is 43.0 Å². The van der Waals surface area contributed by atoms with Gasteiger partial charge in [0.1, 0.15) is 5.75 Å². The second kappa shape index (κ2) is 7.49. The summed E-state index contributed by atoms with van der Waals surface area (Å²) in [5.41, 5.74) is 0.392. The Balaban J connectivity index is 2.00. The lowest BCUT2D eigenvalue weighted by molar-refractivity contribution is -0.139. The molecule has 0 aliphatic heterocycles. The third-order valence-electron chi connectivity index (χ3n) is 3.72. The third-order valence-corrected chi connectivity index (χ3v) is 4.92. The highest BCUT2D eigenvalue weighted by molar-refractivity contribution is 7.10. The molecule has 24 heavy (non-hydrogen) atoms. The zero-order valence-corrected chi connectivity index (χ0v) is 14.8. The summed E-state index contributed by atoms with van der Waals surface area (Å²) in [6, 6.07) is 11.0. The zero-order valence-electron chi connectivity index (χ0n) is 14.0. The number of carbonyl (C=O) groups is 2. The van der Waals surface area contributed by atoms with Gasteiger partial charge in [0.25, 0.3) is 0 Å². The number of carboxylic acids is 1. The second-order valence-corrected chi connectivity index (χ2v) is 7.04. The third kappa shape index (κ3) is 4.35. The molecule has 0 spiro atoms. The van der Waals surface area contributed by atoms with Crippen molar-refractivity contribution >= 4 is 23.2 Å². The number of hydrogen-bond donors (Lipinski definition) is 1. The molecule has 0 saturated heterocycles. The summed E-state index contributed by atoms with van der Waals surface area (Å²) in [6.07, 6.45) is 0. The van der Waals surface area contributed by atoms with Crippen molar-refractivity contribution in [3.8, 4) is 5.75 Å². The average Bonchev–Trinajstić information content (AvgIpc) is 3.08. The van der Waals surface area contributed by atoms with Crippen LogP contribution in [0.5, 0.6) is 5.75 Å². The van der Waals surface area contributed by atoms with E-state index in [1.807, 2.05) is 43.5 Å². The molecule has 6 heteroatoms. The van der Waals surface area contributed by atoms with E-state index in [1.54, 1.807) is 35.4 Å². The Bertz CT molecular complexity index is 692. The predicted molar refractivity (Wildman–Crippen MR) is 93.4 cm³/mol. The molecular weight excluding hydrogens is 326 g/mol. The van der Waals surface area contributed by atoms with Crippen LogP contribution in [0.4, 0.5) is 0 Å². The van der Waals surface area contributed by atoms with Crippen LogP contribution in [0.3, 0.4) is 0 Å². The Kier molecular flexibility index (Phi) is 5.62. The van der Waals surface area contributed by atoms with Crippen LogP contribution >= 0.6 is 11.3 Å². The summed E-state index contributed by atoms with van der Waals surface area (Å²) in [7, 11) is 1.78. The monoisotopic (exact) mass is 347 g/mol. The van der Waals surface area contributed by atoms with Gasteiger partial charge in [0.15, 0.2) is 6.61 Å². The van der Waals surface area contributed by atoms with Crippen LogP contribution in [0.15, 0.2) is 41.8 Å². The van der Waals surface area contributed by atoms with Gasteiger partial charge in [0, 0.05) is 18.5 Å². The quantitative estimate of drug-likeness (QED) is 0.835. The second-order valence-electron chi connectivity index (χ2n) is 6.09. The van der Waals surface area contributed by atoms with Crippen molar-refractivity contribution in [3.63, 3.8) is 0 Å². The molecule has 0 aliphatic rings. The number of carboxylic acid groups (broad SMARTS) is 1. The van der Waals surface area contributed by atoms with Crippen molar-refractivity contribution in [1.82, 2.24) is 4.90 Å². The van der Waals surface area contributed by atoms with Gasteiger partial charge in [-0.2, -0.15) is 0 Å². The zero-order chi connectivity index (χ0) is 17.7. The Hall–Kier alpha value is -2.34. The van der Waals surface area contributed by atoms with Gasteiger partial charge in [-0.1, -0.05) is 18.2 Å². The standard InChI is InChI=1S/C18H21NO4S/c1-18(2,15-5-4-10-24-15)17(22)19(3)11-13-6-8-14(9-7-13)23-12-16(20)21/h4-10H,11-12H2,1-3H3,(H,20,21). The van der Waals surface area contributed by atoms with Crippen LogP contribution in [-0.4, -0.2) is 35.5 Å². The van der Waals surface area contributed by atoms with E-state index < -0.39 is 11.4 Å². The van der Waals surface area contributed by atoms with Crippen molar-refractivity contribution in [1.29, 1.82) is 0 Å². The lowest BCUT2D eigenvalue weighted by Crippen LogP contribution is -2.40. The van der Waals surface area contributed by atoms with E-state index in [0.717, 1.165) is 10.4 Å². The molecule has 128 valence electrons. The van der Waals surface area contributed by atoms with Crippen LogP contribution in [0, 0.1) is 0 Å². The fourth-order valence-electron chi connectivity index (χ4n) is 2.40. The molecule has 1 heterocycles. The highest BCUT2D eigenvalue weighted by atomic mass is 32.1. The number of benzene rings is 1. The van der Waals surface area contributed by atoms with E-state index in [0.29, 0.717) is 12.3 Å². The molecule has 1 aromatic carbocycles. The minimum absolute atomic E-state index is 0.0520. The summed E-state index contributed by atoms with van der Waals surface area (Å²) in [5.74, 6) is -0.467. The van der Waals surface area contributed by atoms with E-state index in [-0.39, 0.29) is 12.5 Å². The number of hydrogen-bond acceptors (Lipinski definition) is 4. The number of nitrogens with zero attached hydrogens (tertiary/aromatic N) is 1. The molecule has 1 N–H and O–H groups in total. The fourth-order valence-corrected chi connectivity index (χ4v) is 3.24. The van der Waals surface area contributed by atoms with E-state index in [9.17, 15) is 9.59 Å². The Morgan fingerprint density at radius 2 is 1.88 bits per heavy atom. The summed E-state index contributed by atoms with van der Waals surface area (Å²) in [4.78, 5) is 26.0. The molecule has 0 unspecified atom stereocenters. The fraction of sp³-hybridized carbons (Fsp3) is 0.333. The van der Waals surface area contributed by atoms with Gasteiger partial charge in [-0.3, -0.25) is 4.79 Å². The van der Waals surface area contributed by atoms with Gasteiger partial charge in [0.2, 0.25) is 5.91 Å². The van der Waals surface area contributed by atoms with E-state index in [4.69, 9.17) is 9.84 Å². The SMILES string of the molecule is CN(Cc1ccc(OCC(=O)O)cc1)C(=O)C(C)(C)c1cccs1. The van der Waals surface area contributed by atoms with Gasteiger partial charge in [-0.25, -0.2) is 4.79 Å². The molecule has 5 nitrogen and oxygen atoms in total. The van der Waals surface area contributed by atoms with Crippen LogP contribution < -0.4 is 4.74 Å². The van der Waals surface area contributed by atoms with Crippen molar-refractivity contribution in [2.24, 2.45) is 0 Å². The Labute approximate surface area is 145 Å². The van der Waals surface area contributed by atoms with Gasteiger partial charge < -0.3 is 14.7 Å². The highest BCUT2D eigenvalue weighted by Gasteiger charge is 2.33. The average molecular weight is 347 g/mol. The highest BCUT2D eigenvalue weighted by Crippen LogP contribution is 2.29. The first-order valence-electron chi connectivity index (χ1n) is 7.54. The number of ether oxygens (including phenoxy) is 1. The largest absolute Gasteiger partial charge is 0.482 e. The Morgan fingerprint density at radius 3 is 2.42 bits per heavy atom. The number of carbonyl (C=O) groups excluding carboxylic acids is 1. The lowest BCUT2D eigenvalue weighted by atomic mass is 9.89. The normalized spacial score (nSPS) is 11.1. The summed E-state index contributed by atoms with van der Waals surface area (Å²) >= 11 is 1.58. The van der Waals surface area contributed by atoms with Crippen LogP contribution in [0.2, 0.25) is 0 Å². The van der Waals surface area contributed by atoms with Crippen molar-refractivity contribution in [3.05, 3.63) is 52.2 Å². The topological polar surface area (TPSA) is 66.8 Å². The summed E-state index contributed by atoms with van der Waals surface area (Å²) in [5, 5.41) is 10.6. The van der Waals surface area contributed by atoms with E-state index >= 15 is 0 Å². The molecule has 2 rings (SSSR count). The molecule has 0 saturated carbocycles.